The van der Waals surface area contributed by atoms with Gasteiger partial charge in [0.2, 0.25) is 0 Å². The first-order valence-electron chi connectivity index (χ1n) is 6.33. The molecule has 0 N–H and O–H groups in total. The quantitative estimate of drug-likeness (QED) is 0.590. The molecule has 4 nitrogen and oxygen atoms in total. The van der Waals surface area contributed by atoms with Gasteiger partial charge in [0.15, 0.2) is 0 Å². The molecular weight excluding hydrogens is 280 g/mol. The second-order valence-corrected chi connectivity index (χ2v) is 9.31. The predicted octanol–water partition coefficient (Wildman–Crippen LogP) is 2.54. The zero-order valence-corrected chi connectivity index (χ0v) is 12.0. The van der Waals surface area contributed by atoms with Crippen LogP contribution in [-0.4, -0.2) is 12.9 Å². The number of allylic oxidation sites excluding steroid dienone is 8. The molecule has 1 heterocycles. The summed E-state index contributed by atoms with van der Waals surface area (Å²) < 4.78 is 13.1. The Balaban J connectivity index is 2.16. The van der Waals surface area contributed by atoms with Gasteiger partial charge in [-0.3, -0.25) is 0 Å². The maximum absolute atomic E-state index is 11.0. The fourth-order valence-electron chi connectivity index (χ4n) is 3.16. The van der Waals surface area contributed by atoms with Crippen LogP contribution in [0.5, 0.6) is 0 Å². The fraction of sp³-hybridized carbons (Fsp3) is 0.286. The summed E-state index contributed by atoms with van der Waals surface area (Å²) in [6.45, 7) is 0.890. The minimum atomic E-state index is -3.71. The van der Waals surface area contributed by atoms with Crippen LogP contribution in [0.2, 0.25) is 0 Å². The van der Waals surface area contributed by atoms with Crippen molar-refractivity contribution in [3.8, 4) is 0 Å². The Morgan fingerprint density at radius 3 is 1.79 bits per heavy atom. The second kappa shape index (κ2) is 4.95. The molecule has 19 heavy (non-hydrogen) atoms. The molecule has 0 radical (unpaired) electrons. The summed E-state index contributed by atoms with van der Waals surface area (Å²) in [5, 5.41) is 0. The average Bonchev–Trinajstić information content (AvgIpc) is 3.04. The minimum absolute atomic E-state index is 0.445. The Bertz CT molecular complexity index is 504. The summed E-state index contributed by atoms with van der Waals surface area (Å²) in [4.78, 5) is 22.0. The predicted molar refractivity (Wildman–Crippen MR) is 65.1 cm³/mol. The summed E-state index contributed by atoms with van der Waals surface area (Å²) in [5.74, 6) is 0. The van der Waals surface area contributed by atoms with Crippen molar-refractivity contribution in [1.82, 2.24) is 0 Å². The Morgan fingerprint density at radius 1 is 0.895 bits per heavy atom. The van der Waals surface area contributed by atoms with E-state index < -0.39 is 17.4 Å². The van der Waals surface area contributed by atoms with Crippen LogP contribution in [-0.2, 0) is 33.6 Å². The molecule has 0 atom stereocenters. The second-order valence-electron chi connectivity index (χ2n) is 4.77. The van der Waals surface area contributed by atoms with Crippen molar-refractivity contribution in [3.63, 3.8) is 0 Å². The molecule has 2 aliphatic carbocycles. The fourth-order valence-corrected chi connectivity index (χ4v) is 8.31. The molecule has 0 amide bonds. The Morgan fingerprint density at radius 2 is 1.37 bits per heavy atom. The molecule has 3 rings (SSSR count). The van der Waals surface area contributed by atoms with Gasteiger partial charge in [-0.1, -0.05) is 0 Å². The van der Waals surface area contributed by atoms with Gasteiger partial charge in [-0.15, -0.1) is 0 Å². The van der Waals surface area contributed by atoms with E-state index in [0.29, 0.717) is 12.9 Å². The number of rotatable bonds is 4. The zero-order valence-electron chi connectivity index (χ0n) is 10.4. The Labute approximate surface area is 115 Å². The molecular formula is C14H14O4Ti. The van der Waals surface area contributed by atoms with E-state index >= 15 is 0 Å². The number of hydrogen-bond donors (Lipinski definition) is 0. The third-order valence-electron chi connectivity index (χ3n) is 3.94. The molecule has 3 aliphatic rings. The van der Waals surface area contributed by atoms with Crippen LogP contribution in [0.3, 0.4) is 0 Å². The summed E-state index contributed by atoms with van der Waals surface area (Å²) in [6, 6.07) is 0. The topological polar surface area (TPSA) is 52.6 Å². The van der Waals surface area contributed by atoms with Crippen LogP contribution in [0.15, 0.2) is 43.2 Å². The zero-order chi connectivity index (χ0) is 13.3. The van der Waals surface area contributed by atoms with Crippen molar-refractivity contribution in [1.29, 1.82) is 0 Å². The molecule has 0 aromatic rings. The van der Waals surface area contributed by atoms with E-state index in [1.807, 2.05) is 0 Å². The molecule has 1 aliphatic heterocycles. The molecule has 0 saturated carbocycles. The Kier molecular flexibility index (Phi) is 3.29. The number of hydrogen-bond acceptors (Lipinski definition) is 4. The van der Waals surface area contributed by atoms with E-state index in [4.69, 9.17) is 6.64 Å². The number of carbonyl (C=O) groups is 2. The first kappa shape index (κ1) is 12.6. The van der Waals surface area contributed by atoms with Crippen LogP contribution in [0.1, 0.15) is 25.7 Å². The Hall–Kier alpha value is -1.39. The third kappa shape index (κ3) is 1.87. The summed E-state index contributed by atoms with van der Waals surface area (Å²) >= 11 is -3.71. The first-order chi connectivity index (χ1) is 9.31. The molecule has 0 unspecified atom stereocenters. The van der Waals surface area contributed by atoms with Gasteiger partial charge >= 0.3 is 115 Å². The van der Waals surface area contributed by atoms with E-state index in [2.05, 4.69) is 24.3 Å². The van der Waals surface area contributed by atoms with Crippen molar-refractivity contribution in [2.75, 3.05) is 0 Å². The van der Waals surface area contributed by atoms with Crippen molar-refractivity contribution in [3.05, 3.63) is 43.2 Å². The monoisotopic (exact) mass is 294 g/mol. The van der Waals surface area contributed by atoms with Crippen molar-refractivity contribution in [2.45, 2.75) is 25.7 Å². The van der Waals surface area contributed by atoms with E-state index in [1.165, 1.54) is 11.1 Å². The molecule has 0 aromatic heterocycles. The van der Waals surface area contributed by atoms with E-state index in [9.17, 15) is 9.59 Å². The molecule has 98 valence electrons. The van der Waals surface area contributed by atoms with Crippen molar-refractivity contribution >= 4 is 12.9 Å². The molecule has 0 saturated heterocycles. The third-order valence-corrected chi connectivity index (χ3v) is 9.40. The normalized spacial score (nSPS) is 22.9. The van der Waals surface area contributed by atoms with Gasteiger partial charge in [0.05, 0.1) is 0 Å². The van der Waals surface area contributed by atoms with Gasteiger partial charge in [0.25, 0.3) is 0 Å². The van der Waals surface area contributed by atoms with Gasteiger partial charge in [0, 0.05) is 0 Å². The molecule has 0 fully saturated rings. The van der Waals surface area contributed by atoms with Crippen LogP contribution < -0.4 is 0 Å². The average molecular weight is 294 g/mol. The van der Waals surface area contributed by atoms with Crippen LogP contribution in [0.25, 0.3) is 0 Å². The summed E-state index contributed by atoms with van der Waals surface area (Å²) in [7, 11) is 0. The summed E-state index contributed by atoms with van der Waals surface area (Å²) in [5.41, 5.74) is 2.37. The van der Waals surface area contributed by atoms with Gasteiger partial charge in [-0.25, -0.2) is 0 Å². The molecule has 0 aromatic carbocycles. The van der Waals surface area contributed by atoms with Gasteiger partial charge in [-0.2, -0.15) is 0 Å². The van der Waals surface area contributed by atoms with Gasteiger partial charge in [0.1, 0.15) is 0 Å². The van der Waals surface area contributed by atoms with Crippen molar-refractivity contribution < 1.29 is 33.6 Å². The number of carbonyl (C=O) groups excluding carboxylic acids is 2. The van der Waals surface area contributed by atoms with E-state index in [1.54, 1.807) is 0 Å². The van der Waals surface area contributed by atoms with Gasteiger partial charge < -0.3 is 0 Å². The van der Waals surface area contributed by atoms with E-state index in [0.717, 1.165) is 33.4 Å². The molecule has 0 spiro atoms. The van der Waals surface area contributed by atoms with Crippen LogP contribution in [0.4, 0.5) is 0 Å². The van der Waals surface area contributed by atoms with Gasteiger partial charge in [-0.05, 0) is 0 Å². The maximum atomic E-state index is 11.0. The van der Waals surface area contributed by atoms with E-state index in [-0.39, 0.29) is 0 Å². The SMILES string of the molecule is O=C[O][Ti]1([O]C=O)[C]2=C(C=CC2)CCC2=[C]1CC=C2. The standard InChI is InChI=1S/C12H12.2CH2O2.Ti/c1-2-6-11(5-1)9-10-12-7-3-4-8-12;2*2-1-3;/h1,3,5,7H,2,4,9-10H2;2*1H,(H,2,3);/q;;;+2/p-2. The summed E-state index contributed by atoms with van der Waals surface area (Å²) in [6.07, 6.45) is 11.6. The van der Waals surface area contributed by atoms with Crippen LogP contribution in [0, 0.1) is 0 Å². The molecule has 0 bridgehead atoms. The van der Waals surface area contributed by atoms with Crippen LogP contribution >= 0.6 is 0 Å². The molecule has 5 heteroatoms. The van der Waals surface area contributed by atoms with Crippen molar-refractivity contribution in [2.24, 2.45) is 0 Å². The first-order valence-corrected chi connectivity index (χ1v) is 9.16.